The summed E-state index contributed by atoms with van der Waals surface area (Å²) in [6, 6.07) is 4.14. The standard InChI is InChI=1S/C13H19BrN2O/c1-9-6-11(14)7-10(2)12(9)8-16-13(17)4-5-15-3/h6-7,15H,4-5,8H2,1-3H3,(H,16,17). The fourth-order valence-corrected chi connectivity index (χ4v) is 2.42. The quantitative estimate of drug-likeness (QED) is 0.876. The summed E-state index contributed by atoms with van der Waals surface area (Å²) in [7, 11) is 1.84. The second-order valence-corrected chi connectivity index (χ2v) is 5.06. The predicted molar refractivity (Wildman–Crippen MR) is 74.0 cm³/mol. The number of nitrogens with one attached hydrogen (secondary N) is 2. The number of halogens is 1. The molecule has 0 spiro atoms. The summed E-state index contributed by atoms with van der Waals surface area (Å²) in [5.74, 6) is 0.0843. The lowest BCUT2D eigenvalue weighted by Gasteiger charge is -2.12. The fourth-order valence-electron chi connectivity index (χ4n) is 1.73. The summed E-state index contributed by atoms with van der Waals surface area (Å²) in [4.78, 5) is 11.5. The summed E-state index contributed by atoms with van der Waals surface area (Å²) in [6.45, 7) is 5.44. The molecule has 0 unspecified atom stereocenters. The molecule has 0 bridgehead atoms. The number of rotatable bonds is 5. The highest BCUT2D eigenvalue weighted by Gasteiger charge is 2.06. The van der Waals surface area contributed by atoms with Crippen molar-refractivity contribution in [3.63, 3.8) is 0 Å². The van der Waals surface area contributed by atoms with Crippen molar-refractivity contribution in [1.82, 2.24) is 10.6 Å². The molecule has 0 aliphatic heterocycles. The topological polar surface area (TPSA) is 41.1 Å². The largest absolute Gasteiger partial charge is 0.352 e. The van der Waals surface area contributed by atoms with Crippen LogP contribution in [0.5, 0.6) is 0 Å². The number of benzene rings is 1. The number of hydrogen-bond donors (Lipinski definition) is 2. The highest BCUT2D eigenvalue weighted by Crippen LogP contribution is 2.20. The third kappa shape index (κ3) is 4.48. The van der Waals surface area contributed by atoms with Crippen LogP contribution in [-0.4, -0.2) is 19.5 Å². The minimum atomic E-state index is 0.0843. The van der Waals surface area contributed by atoms with E-state index >= 15 is 0 Å². The van der Waals surface area contributed by atoms with Gasteiger partial charge >= 0.3 is 0 Å². The summed E-state index contributed by atoms with van der Waals surface area (Å²) < 4.78 is 1.08. The van der Waals surface area contributed by atoms with Gasteiger partial charge in [-0.3, -0.25) is 4.79 Å². The normalized spacial score (nSPS) is 10.4. The Hall–Kier alpha value is -0.870. The van der Waals surface area contributed by atoms with Crippen molar-refractivity contribution in [1.29, 1.82) is 0 Å². The van der Waals surface area contributed by atoms with Crippen LogP contribution < -0.4 is 10.6 Å². The zero-order valence-electron chi connectivity index (χ0n) is 10.6. The molecule has 1 amide bonds. The Labute approximate surface area is 111 Å². The van der Waals surface area contributed by atoms with E-state index in [-0.39, 0.29) is 5.91 Å². The average Bonchev–Trinajstić information content (AvgIpc) is 2.24. The van der Waals surface area contributed by atoms with Crippen molar-refractivity contribution in [2.45, 2.75) is 26.8 Å². The van der Waals surface area contributed by atoms with Gasteiger partial charge in [-0.05, 0) is 49.7 Å². The van der Waals surface area contributed by atoms with Crippen LogP contribution in [0.4, 0.5) is 0 Å². The third-order valence-corrected chi connectivity index (χ3v) is 3.18. The van der Waals surface area contributed by atoms with Crippen molar-refractivity contribution in [3.8, 4) is 0 Å². The van der Waals surface area contributed by atoms with Crippen molar-refractivity contribution < 1.29 is 4.79 Å². The van der Waals surface area contributed by atoms with Gasteiger partial charge in [0.15, 0.2) is 0 Å². The molecular weight excluding hydrogens is 280 g/mol. The molecule has 0 heterocycles. The van der Waals surface area contributed by atoms with Gasteiger partial charge in [0.25, 0.3) is 0 Å². The van der Waals surface area contributed by atoms with Crippen molar-refractivity contribution in [2.75, 3.05) is 13.6 Å². The van der Waals surface area contributed by atoms with Gasteiger partial charge in [0.2, 0.25) is 5.91 Å². The molecule has 1 aromatic rings. The van der Waals surface area contributed by atoms with Gasteiger partial charge in [0.1, 0.15) is 0 Å². The lowest BCUT2D eigenvalue weighted by molar-refractivity contribution is -0.121. The molecule has 0 saturated carbocycles. The SMILES string of the molecule is CNCCC(=O)NCc1c(C)cc(Br)cc1C. The molecule has 4 heteroatoms. The van der Waals surface area contributed by atoms with E-state index in [1.54, 1.807) is 0 Å². The molecule has 0 aliphatic rings. The maximum atomic E-state index is 11.5. The van der Waals surface area contributed by atoms with Gasteiger partial charge < -0.3 is 10.6 Å². The van der Waals surface area contributed by atoms with Crippen LogP contribution >= 0.6 is 15.9 Å². The van der Waals surface area contributed by atoms with Crippen molar-refractivity contribution in [3.05, 3.63) is 33.3 Å². The summed E-state index contributed by atoms with van der Waals surface area (Å²) >= 11 is 3.47. The summed E-state index contributed by atoms with van der Waals surface area (Å²) in [5.41, 5.74) is 3.60. The Bertz CT molecular complexity index is 381. The minimum Gasteiger partial charge on any atom is -0.352 e. The number of carbonyl (C=O) groups is 1. The molecule has 94 valence electrons. The molecule has 0 atom stereocenters. The van der Waals surface area contributed by atoms with Crippen LogP contribution in [0.25, 0.3) is 0 Å². The minimum absolute atomic E-state index is 0.0843. The van der Waals surface area contributed by atoms with E-state index in [2.05, 4.69) is 52.5 Å². The first-order valence-electron chi connectivity index (χ1n) is 5.71. The Kier molecular flexibility index (Phi) is 5.65. The van der Waals surface area contributed by atoms with Crippen LogP contribution in [0.15, 0.2) is 16.6 Å². The molecule has 2 N–H and O–H groups in total. The first-order valence-corrected chi connectivity index (χ1v) is 6.51. The molecule has 1 aromatic carbocycles. The summed E-state index contributed by atoms with van der Waals surface area (Å²) in [5, 5.41) is 5.90. The predicted octanol–water partition coefficient (Wildman–Crippen LogP) is 2.29. The van der Waals surface area contributed by atoms with Gasteiger partial charge in [0, 0.05) is 24.0 Å². The van der Waals surface area contributed by atoms with Crippen LogP contribution in [0.2, 0.25) is 0 Å². The lowest BCUT2D eigenvalue weighted by atomic mass is 10.0. The lowest BCUT2D eigenvalue weighted by Crippen LogP contribution is -2.26. The third-order valence-electron chi connectivity index (χ3n) is 2.73. The van der Waals surface area contributed by atoms with Gasteiger partial charge in [-0.1, -0.05) is 15.9 Å². The molecule has 17 heavy (non-hydrogen) atoms. The van der Waals surface area contributed by atoms with Crippen LogP contribution in [0, 0.1) is 13.8 Å². The van der Waals surface area contributed by atoms with Gasteiger partial charge in [-0.25, -0.2) is 0 Å². The van der Waals surface area contributed by atoms with E-state index in [0.717, 1.165) is 4.47 Å². The highest BCUT2D eigenvalue weighted by atomic mass is 79.9. The summed E-state index contributed by atoms with van der Waals surface area (Å²) in [6.07, 6.45) is 0.519. The number of aryl methyl sites for hydroxylation is 2. The Morgan fingerprint density at radius 2 is 1.88 bits per heavy atom. The highest BCUT2D eigenvalue weighted by molar-refractivity contribution is 9.10. The molecule has 0 saturated heterocycles. The van der Waals surface area contributed by atoms with Crippen LogP contribution in [0.1, 0.15) is 23.1 Å². The zero-order valence-corrected chi connectivity index (χ0v) is 12.1. The molecule has 0 fully saturated rings. The Morgan fingerprint density at radius 3 is 2.41 bits per heavy atom. The smallest absolute Gasteiger partial charge is 0.221 e. The van der Waals surface area contributed by atoms with Crippen molar-refractivity contribution in [2.24, 2.45) is 0 Å². The molecule has 1 rings (SSSR count). The molecular formula is C13H19BrN2O. The first-order chi connectivity index (χ1) is 8.04. The second-order valence-electron chi connectivity index (χ2n) is 4.15. The maximum absolute atomic E-state index is 11.5. The Balaban J connectivity index is 2.60. The fraction of sp³-hybridized carbons (Fsp3) is 0.462. The molecule has 3 nitrogen and oxygen atoms in total. The van der Waals surface area contributed by atoms with E-state index in [1.165, 1.54) is 16.7 Å². The van der Waals surface area contributed by atoms with E-state index < -0.39 is 0 Å². The van der Waals surface area contributed by atoms with E-state index in [9.17, 15) is 4.79 Å². The number of amides is 1. The van der Waals surface area contributed by atoms with E-state index in [4.69, 9.17) is 0 Å². The Morgan fingerprint density at radius 1 is 1.29 bits per heavy atom. The molecule has 0 aromatic heterocycles. The average molecular weight is 299 g/mol. The molecule has 0 radical (unpaired) electrons. The van der Waals surface area contributed by atoms with Crippen LogP contribution in [-0.2, 0) is 11.3 Å². The van der Waals surface area contributed by atoms with Crippen LogP contribution in [0.3, 0.4) is 0 Å². The number of hydrogen-bond acceptors (Lipinski definition) is 2. The number of carbonyl (C=O) groups excluding carboxylic acids is 1. The monoisotopic (exact) mass is 298 g/mol. The first kappa shape index (κ1) is 14.2. The maximum Gasteiger partial charge on any atom is 0.221 e. The zero-order chi connectivity index (χ0) is 12.8. The van der Waals surface area contributed by atoms with Gasteiger partial charge in [0.05, 0.1) is 0 Å². The van der Waals surface area contributed by atoms with Crippen molar-refractivity contribution >= 4 is 21.8 Å². The second kappa shape index (κ2) is 6.77. The van der Waals surface area contributed by atoms with E-state index in [1.807, 2.05) is 7.05 Å². The van der Waals surface area contributed by atoms with E-state index in [0.29, 0.717) is 19.5 Å². The molecule has 0 aliphatic carbocycles. The van der Waals surface area contributed by atoms with Gasteiger partial charge in [-0.2, -0.15) is 0 Å². The van der Waals surface area contributed by atoms with Gasteiger partial charge in [-0.15, -0.1) is 0 Å².